The first kappa shape index (κ1) is 14.6. The lowest BCUT2D eigenvalue weighted by Crippen LogP contribution is -1.93. The van der Waals surface area contributed by atoms with Crippen molar-refractivity contribution in [1.29, 1.82) is 0 Å². The lowest BCUT2D eigenvalue weighted by atomic mass is 10.1. The second kappa shape index (κ2) is 5.49. The molecule has 0 aliphatic heterocycles. The Kier molecular flexibility index (Phi) is 2.98. The molecule has 0 radical (unpaired) electrons. The average molecular weight is 365 g/mol. The standard InChI is InChI=1S/C21H11N5S/c1-2-8-16-14(7-1)26-21(27-16)15-11-24-19-12-5-3-9-22-17(12)18-13(20(19)25-15)6-4-10-23-18/h1-11H. The molecule has 0 spiro atoms. The lowest BCUT2D eigenvalue weighted by molar-refractivity contribution is 1.28. The normalized spacial score (nSPS) is 11.7. The van der Waals surface area contributed by atoms with E-state index in [0.717, 1.165) is 53.8 Å². The summed E-state index contributed by atoms with van der Waals surface area (Å²) in [5.41, 5.74) is 5.11. The molecule has 6 heteroatoms. The summed E-state index contributed by atoms with van der Waals surface area (Å²) in [7, 11) is 0. The van der Waals surface area contributed by atoms with Gasteiger partial charge in [0, 0.05) is 23.2 Å². The van der Waals surface area contributed by atoms with Crippen molar-refractivity contribution in [2.45, 2.75) is 0 Å². The van der Waals surface area contributed by atoms with Crippen LogP contribution >= 0.6 is 11.3 Å². The van der Waals surface area contributed by atoms with Crippen molar-refractivity contribution in [3.63, 3.8) is 0 Å². The van der Waals surface area contributed by atoms with E-state index in [2.05, 4.69) is 16.0 Å². The molecule has 0 unspecified atom stereocenters. The van der Waals surface area contributed by atoms with E-state index in [1.54, 1.807) is 29.9 Å². The number of thiazole rings is 1. The first-order chi connectivity index (χ1) is 13.4. The van der Waals surface area contributed by atoms with E-state index in [9.17, 15) is 0 Å². The summed E-state index contributed by atoms with van der Waals surface area (Å²) in [6.45, 7) is 0. The minimum absolute atomic E-state index is 0.775. The van der Waals surface area contributed by atoms with Crippen molar-refractivity contribution < 1.29 is 0 Å². The molecule has 0 N–H and O–H groups in total. The van der Waals surface area contributed by atoms with Crippen LogP contribution in [0.5, 0.6) is 0 Å². The molecule has 0 aliphatic carbocycles. The third kappa shape index (κ3) is 2.14. The topological polar surface area (TPSA) is 64.5 Å². The molecule has 2 aromatic carbocycles. The molecule has 0 saturated carbocycles. The smallest absolute Gasteiger partial charge is 0.144 e. The molecule has 0 saturated heterocycles. The third-order valence-electron chi connectivity index (χ3n) is 4.64. The Morgan fingerprint density at radius 3 is 2.11 bits per heavy atom. The van der Waals surface area contributed by atoms with E-state index in [4.69, 9.17) is 15.0 Å². The van der Waals surface area contributed by atoms with Gasteiger partial charge in [0.25, 0.3) is 0 Å². The fourth-order valence-corrected chi connectivity index (χ4v) is 4.35. The van der Waals surface area contributed by atoms with E-state index < -0.39 is 0 Å². The van der Waals surface area contributed by atoms with E-state index in [1.807, 2.05) is 42.5 Å². The SMILES string of the molecule is c1ccc2sc(-c3cnc4c5cccnc5c5ncccc5c4n3)nc2c1. The van der Waals surface area contributed by atoms with Gasteiger partial charge in [0.2, 0.25) is 0 Å². The Bertz CT molecular complexity index is 1420. The van der Waals surface area contributed by atoms with Gasteiger partial charge in [0.05, 0.1) is 38.5 Å². The van der Waals surface area contributed by atoms with Gasteiger partial charge in [-0.15, -0.1) is 11.3 Å². The van der Waals surface area contributed by atoms with Gasteiger partial charge >= 0.3 is 0 Å². The van der Waals surface area contributed by atoms with Crippen LogP contribution in [-0.2, 0) is 0 Å². The number of para-hydroxylation sites is 1. The quantitative estimate of drug-likeness (QED) is 0.384. The number of nitrogens with zero attached hydrogens (tertiary/aromatic N) is 5. The molecule has 4 aromatic heterocycles. The van der Waals surface area contributed by atoms with Gasteiger partial charge in [-0.3, -0.25) is 15.0 Å². The third-order valence-corrected chi connectivity index (χ3v) is 5.69. The van der Waals surface area contributed by atoms with Crippen LogP contribution in [0.15, 0.2) is 67.1 Å². The van der Waals surface area contributed by atoms with Crippen LogP contribution in [0.25, 0.3) is 53.8 Å². The van der Waals surface area contributed by atoms with Crippen molar-refractivity contribution >= 4 is 54.4 Å². The molecular formula is C21H11N5S. The second-order valence-electron chi connectivity index (χ2n) is 6.24. The van der Waals surface area contributed by atoms with Crippen molar-refractivity contribution in [1.82, 2.24) is 24.9 Å². The van der Waals surface area contributed by atoms with Gasteiger partial charge in [0.1, 0.15) is 10.7 Å². The molecule has 0 atom stereocenters. The van der Waals surface area contributed by atoms with Crippen molar-refractivity contribution in [3.05, 3.63) is 67.1 Å². The molecule has 0 aliphatic rings. The first-order valence-electron chi connectivity index (χ1n) is 8.52. The zero-order valence-electron chi connectivity index (χ0n) is 14.0. The van der Waals surface area contributed by atoms with Crippen LogP contribution < -0.4 is 0 Å². The Morgan fingerprint density at radius 2 is 1.33 bits per heavy atom. The van der Waals surface area contributed by atoms with Crippen LogP contribution in [0.2, 0.25) is 0 Å². The Balaban J connectivity index is 1.72. The Hall–Kier alpha value is -3.51. The van der Waals surface area contributed by atoms with Crippen LogP contribution in [-0.4, -0.2) is 24.9 Å². The molecule has 6 rings (SSSR count). The largest absolute Gasteiger partial charge is 0.254 e. The van der Waals surface area contributed by atoms with E-state index in [-0.39, 0.29) is 0 Å². The highest BCUT2D eigenvalue weighted by molar-refractivity contribution is 7.21. The highest BCUT2D eigenvalue weighted by atomic mass is 32.1. The summed E-state index contributed by atoms with van der Waals surface area (Å²) in [6.07, 6.45) is 5.37. The predicted molar refractivity (Wildman–Crippen MR) is 109 cm³/mol. The highest BCUT2D eigenvalue weighted by Crippen LogP contribution is 2.33. The minimum atomic E-state index is 0.775. The molecule has 5 nitrogen and oxygen atoms in total. The molecule has 126 valence electrons. The summed E-state index contributed by atoms with van der Waals surface area (Å²) in [6, 6.07) is 16.0. The monoisotopic (exact) mass is 365 g/mol. The fraction of sp³-hybridized carbons (Fsp3) is 0. The van der Waals surface area contributed by atoms with Crippen LogP contribution in [0.4, 0.5) is 0 Å². The Labute approximate surface area is 157 Å². The van der Waals surface area contributed by atoms with Crippen LogP contribution in [0, 0.1) is 0 Å². The van der Waals surface area contributed by atoms with Crippen LogP contribution in [0.1, 0.15) is 0 Å². The van der Waals surface area contributed by atoms with Gasteiger partial charge in [-0.2, -0.15) is 0 Å². The number of hydrogen-bond acceptors (Lipinski definition) is 6. The molecule has 0 bridgehead atoms. The molecule has 4 heterocycles. The Morgan fingerprint density at radius 1 is 0.630 bits per heavy atom. The molecule has 0 fully saturated rings. The van der Waals surface area contributed by atoms with Gasteiger partial charge < -0.3 is 0 Å². The van der Waals surface area contributed by atoms with Crippen LogP contribution in [0.3, 0.4) is 0 Å². The zero-order valence-corrected chi connectivity index (χ0v) is 14.8. The average Bonchev–Trinajstić information content (AvgIpc) is 3.18. The number of fused-ring (bicyclic) bond motifs is 7. The van der Waals surface area contributed by atoms with E-state index in [1.165, 1.54) is 0 Å². The van der Waals surface area contributed by atoms with Crippen molar-refractivity contribution in [3.8, 4) is 10.7 Å². The fourth-order valence-electron chi connectivity index (χ4n) is 3.43. The lowest BCUT2D eigenvalue weighted by Gasteiger charge is -2.07. The molecule has 0 amide bonds. The summed E-state index contributed by atoms with van der Waals surface area (Å²) in [5, 5.41) is 2.78. The van der Waals surface area contributed by atoms with Gasteiger partial charge in [-0.05, 0) is 36.4 Å². The highest BCUT2D eigenvalue weighted by Gasteiger charge is 2.15. The summed E-state index contributed by atoms with van der Waals surface area (Å²) in [5.74, 6) is 0. The van der Waals surface area contributed by atoms with E-state index in [0.29, 0.717) is 0 Å². The maximum Gasteiger partial charge on any atom is 0.144 e. The maximum atomic E-state index is 4.94. The predicted octanol–water partition coefficient (Wildman–Crippen LogP) is 5.00. The van der Waals surface area contributed by atoms with Gasteiger partial charge in [-0.1, -0.05) is 12.1 Å². The zero-order chi connectivity index (χ0) is 17.8. The van der Waals surface area contributed by atoms with E-state index >= 15 is 0 Å². The molecular weight excluding hydrogens is 354 g/mol. The minimum Gasteiger partial charge on any atom is -0.254 e. The number of hydrogen-bond donors (Lipinski definition) is 0. The summed E-state index contributed by atoms with van der Waals surface area (Å²) in [4.78, 5) is 23.5. The summed E-state index contributed by atoms with van der Waals surface area (Å²) >= 11 is 1.63. The van der Waals surface area contributed by atoms with Gasteiger partial charge in [0.15, 0.2) is 0 Å². The molecule has 6 aromatic rings. The molecule has 27 heavy (non-hydrogen) atoms. The van der Waals surface area contributed by atoms with Crippen molar-refractivity contribution in [2.75, 3.05) is 0 Å². The number of pyridine rings is 2. The summed E-state index contributed by atoms with van der Waals surface area (Å²) < 4.78 is 1.14. The number of aromatic nitrogens is 5. The maximum absolute atomic E-state index is 4.94. The number of benzene rings is 2. The van der Waals surface area contributed by atoms with Crippen molar-refractivity contribution in [2.24, 2.45) is 0 Å². The number of rotatable bonds is 1. The van der Waals surface area contributed by atoms with Gasteiger partial charge in [-0.25, -0.2) is 9.97 Å². The second-order valence-corrected chi connectivity index (χ2v) is 7.27. The first-order valence-corrected chi connectivity index (χ1v) is 9.34.